The summed E-state index contributed by atoms with van der Waals surface area (Å²) in [6, 6.07) is 4.41. The highest BCUT2D eigenvalue weighted by Crippen LogP contribution is 2.23. The van der Waals surface area contributed by atoms with Crippen molar-refractivity contribution < 1.29 is 0 Å². The second-order valence-corrected chi connectivity index (χ2v) is 5.75. The fourth-order valence-corrected chi connectivity index (χ4v) is 2.86. The number of halogens is 1. The summed E-state index contributed by atoms with van der Waals surface area (Å²) in [4.78, 5) is 0. The van der Waals surface area contributed by atoms with Gasteiger partial charge in [0, 0.05) is 30.9 Å². The number of aryl methyl sites for hydroxylation is 2. The molecule has 4 nitrogen and oxygen atoms in total. The molecule has 0 amide bonds. The van der Waals surface area contributed by atoms with Crippen LogP contribution in [0.4, 0.5) is 0 Å². The summed E-state index contributed by atoms with van der Waals surface area (Å²) in [5.41, 5.74) is 9.39. The maximum atomic E-state index is 6.49. The molecule has 0 radical (unpaired) electrons. The van der Waals surface area contributed by atoms with Gasteiger partial charge in [-0.25, -0.2) is 0 Å². The van der Waals surface area contributed by atoms with E-state index in [1.54, 1.807) is 0 Å². The molecule has 0 spiro atoms. The average molecular weight is 309 g/mol. The zero-order chi connectivity index (χ0) is 15.4. The third-order valence-corrected chi connectivity index (χ3v) is 4.37. The molecular formula is C16H25ClN4. The molecule has 0 aromatic carbocycles. The molecule has 5 heteroatoms. The van der Waals surface area contributed by atoms with Crippen LogP contribution >= 0.6 is 11.6 Å². The van der Waals surface area contributed by atoms with Crippen molar-refractivity contribution in [3.8, 4) is 0 Å². The lowest BCUT2D eigenvalue weighted by Gasteiger charge is -2.14. The van der Waals surface area contributed by atoms with Crippen LogP contribution < -0.4 is 5.73 Å². The van der Waals surface area contributed by atoms with Gasteiger partial charge in [0.2, 0.25) is 0 Å². The van der Waals surface area contributed by atoms with Gasteiger partial charge in [0.1, 0.15) is 0 Å². The lowest BCUT2D eigenvalue weighted by Crippen LogP contribution is -2.23. The first kappa shape index (κ1) is 16.1. The van der Waals surface area contributed by atoms with Gasteiger partial charge in [-0.05, 0) is 31.9 Å². The van der Waals surface area contributed by atoms with Crippen molar-refractivity contribution in [3.63, 3.8) is 0 Å². The Hall–Kier alpha value is -1.26. The number of hydrogen-bond acceptors (Lipinski definition) is 2. The molecule has 0 fully saturated rings. The third kappa shape index (κ3) is 3.50. The highest BCUT2D eigenvalue weighted by atomic mass is 35.5. The first-order valence-electron chi connectivity index (χ1n) is 7.74. The predicted molar refractivity (Wildman–Crippen MR) is 87.8 cm³/mol. The molecule has 21 heavy (non-hydrogen) atoms. The van der Waals surface area contributed by atoms with Crippen molar-refractivity contribution in [2.75, 3.05) is 0 Å². The van der Waals surface area contributed by atoms with E-state index in [-0.39, 0.29) is 6.04 Å². The smallest absolute Gasteiger partial charge is 0.0868 e. The van der Waals surface area contributed by atoms with Gasteiger partial charge in [-0.3, -0.25) is 4.68 Å². The second kappa shape index (κ2) is 7.14. The Balaban J connectivity index is 2.26. The first-order valence-corrected chi connectivity index (χ1v) is 8.12. The molecule has 2 rings (SSSR count). The van der Waals surface area contributed by atoms with Gasteiger partial charge in [0.15, 0.2) is 0 Å². The van der Waals surface area contributed by atoms with Crippen LogP contribution in [0.5, 0.6) is 0 Å². The van der Waals surface area contributed by atoms with Gasteiger partial charge in [0.05, 0.1) is 23.0 Å². The molecule has 1 atom stereocenters. The number of rotatable bonds is 7. The van der Waals surface area contributed by atoms with E-state index >= 15 is 0 Å². The number of aromatic nitrogens is 3. The average Bonchev–Trinajstić information content (AvgIpc) is 3.05. The van der Waals surface area contributed by atoms with Crippen molar-refractivity contribution in [1.82, 2.24) is 14.3 Å². The second-order valence-electron chi connectivity index (χ2n) is 5.38. The molecule has 2 aromatic rings. The zero-order valence-corrected chi connectivity index (χ0v) is 13.9. The first-order chi connectivity index (χ1) is 10.1. The van der Waals surface area contributed by atoms with Crippen LogP contribution in [0.2, 0.25) is 5.02 Å². The standard InChI is InChI=1S/C16H25ClN4/c1-4-12(18)10-13-8-7-9-20(13)11-15-16(17)14(5-2)19-21(15)6-3/h7-9,12H,4-6,10-11,18H2,1-3H3. The highest BCUT2D eigenvalue weighted by Gasteiger charge is 2.16. The summed E-state index contributed by atoms with van der Waals surface area (Å²) in [6.07, 6.45) is 4.82. The highest BCUT2D eigenvalue weighted by molar-refractivity contribution is 6.31. The molecular weight excluding hydrogens is 284 g/mol. The molecule has 1 unspecified atom stereocenters. The molecule has 2 N–H and O–H groups in total. The molecule has 2 aromatic heterocycles. The van der Waals surface area contributed by atoms with Gasteiger partial charge in [-0.2, -0.15) is 5.10 Å². The van der Waals surface area contributed by atoms with E-state index in [2.05, 4.69) is 48.8 Å². The maximum absolute atomic E-state index is 6.49. The SMILES string of the molecule is CCc1nn(CC)c(Cn2cccc2CC(N)CC)c1Cl. The minimum absolute atomic E-state index is 0.205. The Labute approximate surface area is 131 Å². The summed E-state index contributed by atoms with van der Waals surface area (Å²) in [7, 11) is 0. The van der Waals surface area contributed by atoms with Crippen molar-refractivity contribution in [3.05, 3.63) is 40.4 Å². The van der Waals surface area contributed by atoms with E-state index in [4.69, 9.17) is 17.3 Å². The fourth-order valence-electron chi connectivity index (χ4n) is 2.53. The molecule has 0 bridgehead atoms. The lowest BCUT2D eigenvalue weighted by molar-refractivity contribution is 0.573. The van der Waals surface area contributed by atoms with Gasteiger partial charge in [-0.1, -0.05) is 25.4 Å². The lowest BCUT2D eigenvalue weighted by atomic mass is 10.1. The largest absolute Gasteiger partial charge is 0.345 e. The molecule has 0 aliphatic heterocycles. The van der Waals surface area contributed by atoms with Gasteiger partial charge in [0.25, 0.3) is 0 Å². The number of nitrogens with two attached hydrogens (primary N) is 1. The van der Waals surface area contributed by atoms with Crippen LogP contribution in [0.3, 0.4) is 0 Å². The molecule has 0 saturated carbocycles. The molecule has 0 saturated heterocycles. The van der Waals surface area contributed by atoms with Crippen molar-refractivity contribution in [2.45, 2.75) is 59.2 Å². The maximum Gasteiger partial charge on any atom is 0.0868 e. The summed E-state index contributed by atoms with van der Waals surface area (Å²) >= 11 is 6.49. The third-order valence-electron chi connectivity index (χ3n) is 3.93. The minimum atomic E-state index is 0.205. The minimum Gasteiger partial charge on any atom is -0.345 e. The van der Waals surface area contributed by atoms with Crippen LogP contribution in [-0.2, 0) is 25.9 Å². The number of hydrogen-bond donors (Lipinski definition) is 1. The van der Waals surface area contributed by atoms with Crippen molar-refractivity contribution in [1.29, 1.82) is 0 Å². The summed E-state index contributed by atoms with van der Waals surface area (Å²) in [5, 5.41) is 5.39. The Bertz CT molecular complexity index is 585. The quantitative estimate of drug-likeness (QED) is 0.853. The zero-order valence-electron chi connectivity index (χ0n) is 13.1. The van der Waals surface area contributed by atoms with Crippen LogP contribution in [-0.4, -0.2) is 20.4 Å². The predicted octanol–water partition coefficient (Wildman–Crippen LogP) is 3.25. The summed E-state index contributed by atoms with van der Waals surface area (Å²) in [5.74, 6) is 0. The van der Waals surface area contributed by atoms with Gasteiger partial charge in [-0.15, -0.1) is 0 Å². The topological polar surface area (TPSA) is 48.8 Å². The van der Waals surface area contributed by atoms with Gasteiger partial charge >= 0.3 is 0 Å². The molecule has 116 valence electrons. The Kier molecular flexibility index (Phi) is 5.48. The Morgan fingerprint density at radius 2 is 2.10 bits per heavy atom. The normalized spacial score (nSPS) is 12.8. The molecule has 0 aliphatic carbocycles. The fraction of sp³-hybridized carbons (Fsp3) is 0.562. The van der Waals surface area contributed by atoms with Crippen molar-refractivity contribution >= 4 is 11.6 Å². The van der Waals surface area contributed by atoms with Crippen LogP contribution in [0.15, 0.2) is 18.3 Å². The molecule has 0 aliphatic rings. The Morgan fingerprint density at radius 3 is 2.71 bits per heavy atom. The number of nitrogens with zero attached hydrogens (tertiary/aromatic N) is 3. The van der Waals surface area contributed by atoms with E-state index in [1.807, 2.05) is 4.68 Å². The van der Waals surface area contributed by atoms with E-state index in [0.29, 0.717) is 0 Å². The van der Waals surface area contributed by atoms with E-state index in [0.717, 1.165) is 48.8 Å². The van der Waals surface area contributed by atoms with Crippen LogP contribution in [0, 0.1) is 0 Å². The van der Waals surface area contributed by atoms with E-state index in [9.17, 15) is 0 Å². The van der Waals surface area contributed by atoms with Crippen LogP contribution in [0.1, 0.15) is 44.3 Å². The van der Waals surface area contributed by atoms with Gasteiger partial charge < -0.3 is 10.3 Å². The summed E-state index contributed by atoms with van der Waals surface area (Å²) < 4.78 is 4.23. The monoisotopic (exact) mass is 308 g/mol. The van der Waals surface area contributed by atoms with Crippen molar-refractivity contribution in [2.24, 2.45) is 5.73 Å². The van der Waals surface area contributed by atoms with Crippen LogP contribution in [0.25, 0.3) is 0 Å². The van der Waals surface area contributed by atoms with E-state index in [1.165, 1.54) is 5.69 Å². The van der Waals surface area contributed by atoms with E-state index < -0.39 is 0 Å². The molecule has 2 heterocycles. The Morgan fingerprint density at radius 1 is 1.33 bits per heavy atom. The summed E-state index contributed by atoms with van der Waals surface area (Å²) in [6.45, 7) is 7.88.